The number of pyridine rings is 1. The summed E-state index contributed by atoms with van der Waals surface area (Å²) in [5.41, 5.74) is 1.41. The second kappa shape index (κ2) is 7.09. The summed E-state index contributed by atoms with van der Waals surface area (Å²) in [5.74, 6) is -2.14. The van der Waals surface area contributed by atoms with Crippen LogP contribution < -0.4 is 5.32 Å². The molecule has 0 radical (unpaired) electrons. The number of rotatable bonds is 5. The number of aromatic nitrogens is 1. The van der Waals surface area contributed by atoms with Gasteiger partial charge in [0, 0.05) is 11.8 Å². The number of nitrogens with zero attached hydrogens (tertiary/aromatic N) is 1. The van der Waals surface area contributed by atoms with Crippen molar-refractivity contribution in [3.8, 4) is 0 Å². The second-order valence-electron chi connectivity index (χ2n) is 5.58. The number of para-hydroxylation sites is 1. The Balaban J connectivity index is 1.77. The van der Waals surface area contributed by atoms with Crippen LogP contribution in [0.4, 0.5) is 4.39 Å². The van der Waals surface area contributed by atoms with Crippen LogP contribution in [0.1, 0.15) is 16.1 Å². The molecule has 0 spiro atoms. The van der Waals surface area contributed by atoms with Gasteiger partial charge in [-0.1, -0.05) is 36.4 Å². The predicted molar refractivity (Wildman–Crippen MR) is 90.7 cm³/mol. The number of carboxylic acid groups (broad SMARTS) is 1. The molecule has 1 amide bonds. The van der Waals surface area contributed by atoms with Gasteiger partial charge in [-0.3, -0.25) is 4.79 Å². The molecule has 2 aromatic carbocycles. The van der Waals surface area contributed by atoms with Crippen LogP contribution in [0.2, 0.25) is 0 Å². The highest BCUT2D eigenvalue weighted by Crippen LogP contribution is 2.12. The van der Waals surface area contributed by atoms with Crippen molar-refractivity contribution in [3.63, 3.8) is 0 Å². The number of hydrogen-bond acceptors (Lipinski definition) is 3. The van der Waals surface area contributed by atoms with Crippen molar-refractivity contribution in [1.82, 2.24) is 10.3 Å². The molecule has 3 rings (SSSR count). The molecule has 0 aliphatic carbocycles. The number of benzene rings is 2. The quantitative estimate of drug-likeness (QED) is 0.750. The van der Waals surface area contributed by atoms with Gasteiger partial charge in [0.15, 0.2) is 0 Å². The highest BCUT2D eigenvalue weighted by atomic mass is 19.1. The Morgan fingerprint density at radius 1 is 1.04 bits per heavy atom. The van der Waals surface area contributed by atoms with E-state index in [4.69, 9.17) is 0 Å². The number of carbonyl (C=O) groups excluding carboxylic acids is 1. The maximum atomic E-state index is 12.9. The van der Waals surface area contributed by atoms with E-state index in [1.807, 2.05) is 18.2 Å². The average Bonchev–Trinajstić information content (AvgIpc) is 2.62. The third kappa shape index (κ3) is 3.98. The van der Waals surface area contributed by atoms with Gasteiger partial charge in [0.1, 0.15) is 17.6 Å². The largest absolute Gasteiger partial charge is 0.480 e. The second-order valence-corrected chi connectivity index (χ2v) is 5.58. The summed E-state index contributed by atoms with van der Waals surface area (Å²) < 4.78 is 12.9. The molecule has 0 unspecified atom stereocenters. The van der Waals surface area contributed by atoms with Gasteiger partial charge in [-0.05, 0) is 29.8 Å². The first kappa shape index (κ1) is 16.6. The minimum atomic E-state index is -1.17. The smallest absolute Gasteiger partial charge is 0.326 e. The Kier molecular flexibility index (Phi) is 4.70. The van der Waals surface area contributed by atoms with Crippen LogP contribution in [-0.2, 0) is 11.2 Å². The zero-order valence-electron chi connectivity index (χ0n) is 13.1. The topological polar surface area (TPSA) is 79.3 Å². The van der Waals surface area contributed by atoms with Crippen molar-refractivity contribution in [2.75, 3.05) is 0 Å². The Morgan fingerprint density at radius 3 is 2.48 bits per heavy atom. The van der Waals surface area contributed by atoms with E-state index in [9.17, 15) is 19.1 Å². The number of amides is 1. The maximum absolute atomic E-state index is 12.9. The lowest BCUT2D eigenvalue weighted by atomic mass is 10.1. The summed E-state index contributed by atoms with van der Waals surface area (Å²) >= 11 is 0. The van der Waals surface area contributed by atoms with Gasteiger partial charge < -0.3 is 10.4 Å². The summed E-state index contributed by atoms with van der Waals surface area (Å²) in [6.45, 7) is 0. The molecule has 5 nitrogen and oxygen atoms in total. The number of aliphatic carboxylic acids is 1. The van der Waals surface area contributed by atoms with Crippen LogP contribution in [0.3, 0.4) is 0 Å². The fourth-order valence-electron chi connectivity index (χ4n) is 2.48. The minimum Gasteiger partial charge on any atom is -0.480 e. The number of fused-ring (bicyclic) bond motifs is 1. The first-order chi connectivity index (χ1) is 12.0. The molecule has 0 aliphatic rings. The summed E-state index contributed by atoms with van der Waals surface area (Å²) in [6, 6.07) is 15.0. The third-order valence-corrected chi connectivity index (χ3v) is 3.79. The van der Waals surface area contributed by atoms with Crippen LogP contribution in [0, 0.1) is 5.82 Å². The van der Waals surface area contributed by atoms with Crippen molar-refractivity contribution >= 4 is 22.8 Å². The molecule has 3 aromatic rings. The minimum absolute atomic E-state index is 0.0505. The molecule has 1 aromatic heterocycles. The zero-order chi connectivity index (χ0) is 17.8. The van der Waals surface area contributed by atoms with Crippen LogP contribution >= 0.6 is 0 Å². The van der Waals surface area contributed by atoms with Crippen LogP contribution in [0.5, 0.6) is 0 Å². The zero-order valence-corrected chi connectivity index (χ0v) is 13.1. The standard InChI is InChI=1S/C19H15FN2O3/c20-14-8-5-12(6-9-14)11-17(19(24)25)22-18(23)16-10-7-13-3-1-2-4-15(13)21-16/h1-10,17H,11H2,(H,22,23)(H,24,25)/t17-/m0/s1. The normalized spacial score (nSPS) is 11.9. The number of carbonyl (C=O) groups is 2. The molecule has 0 fully saturated rings. The molecule has 0 saturated heterocycles. The van der Waals surface area contributed by atoms with Crippen molar-refractivity contribution in [2.24, 2.45) is 0 Å². The molecule has 0 bridgehead atoms. The molecular weight excluding hydrogens is 323 g/mol. The van der Waals surface area contributed by atoms with Crippen molar-refractivity contribution in [1.29, 1.82) is 0 Å². The Hall–Kier alpha value is -3.28. The van der Waals surface area contributed by atoms with E-state index >= 15 is 0 Å². The number of halogens is 1. The van der Waals surface area contributed by atoms with Gasteiger partial charge in [-0.25, -0.2) is 14.2 Å². The van der Waals surface area contributed by atoms with E-state index < -0.39 is 23.7 Å². The summed E-state index contributed by atoms with van der Waals surface area (Å²) in [5, 5.41) is 12.7. The van der Waals surface area contributed by atoms with E-state index in [2.05, 4.69) is 10.3 Å². The van der Waals surface area contributed by atoms with E-state index in [1.165, 1.54) is 24.3 Å². The summed E-state index contributed by atoms with van der Waals surface area (Å²) in [7, 11) is 0. The lowest BCUT2D eigenvalue weighted by molar-refractivity contribution is -0.139. The maximum Gasteiger partial charge on any atom is 0.326 e. The van der Waals surface area contributed by atoms with Crippen molar-refractivity contribution < 1.29 is 19.1 Å². The summed E-state index contributed by atoms with van der Waals surface area (Å²) in [6.07, 6.45) is 0.0505. The lowest BCUT2D eigenvalue weighted by Crippen LogP contribution is -2.42. The van der Waals surface area contributed by atoms with Crippen molar-refractivity contribution in [3.05, 3.63) is 77.7 Å². The SMILES string of the molecule is O=C(N[C@@H](Cc1ccc(F)cc1)C(=O)O)c1ccc2ccccc2n1. The molecule has 0 aliphatic heterocycles. The number of carboxylic acids is 1. The van der Waals surface area contributed by atoms with E-state index in [-0.39, 0.29) is 12.1 Å². The van der Waals surface area contributed by atoms with E-state index in [0.717, 1.165) is 5.39 Å². The number of hydrogen-bond donors (Lipinski definition) is 2. The molecule has 1 heterocycles. The Morgan fingerprint density at radius 2 is 1.76 bits per heavy atom. The van der Waals surface area contributed by atoms with E-state index in [0.29, 0.717) is 11.1 Å². The van der Waals surface area contributed by atoms with Gasteiger partial charge in [-0.2, -0.15) is 0 Å². The molecular formula is C19H15FN2O3. The van der Waals surface area contributed by atoms with Gasteiger partial charge in [0.25, 0.3) is 5.91 Å². The molecule has 25 heavy (non-hydrogen) atoms. The number of nitrogens with one attached hydrogen (secondary N) is 1. The Labute approximate surface area is 143 Å². The molecule has 1 atom stereocenters. The monoisotopic (exact) mass is 338 g/mol. The van der Waals surface area contributed by atoms with Gasteiger partial charge in [0.2, 0.25) is 0 Å². The predicted octanol–water partition coefficient (Wildman–Crippen LogP) is 2.80. The van der Waals surface area contributed by atoms with Crippen LogP contribution in [-0.4, -0.2) is 28.0 Å². The van der Waals surface area contributed by atoms with Gasteiger partial charge in [0.05, 0.1) is 5.52 Å². The Bertz CT molecular complexity index is 925. The highest BCUT2D eigenvalue weighted by molar-refractivity contribution is 5.97. The van der Waals surface area contributed by atoms with E-state index in [1.54, 1.807) is 18.2 Å². The van der Waals surface area contributed by atoms with Crippen LogP contribution in [0.15, 0.2) is 60.7 Å². The fourth-order valence-corrected chi connectivity index (χ4v) is 2.48. The first-order valence-electron chi connectivity index (χ1n) is 7.67. The fraction of sp³-hybridized carbons (Fsp3) is 0.105. The molecule has 126 valence electrons. The molecule has 0 saturated carbocycles. The molecule has 6 heteroatoms. The summed E-state index contributed by atoms with van der Waals surface area (Å²) in [4.78, 5) is 28.0. The van der Waals surface area contributed by atoms with Crippen LogP contribution in [0.25, 0.3) is 10.9 Å². The highest BCUT2D eigenvalue weighted by Gasteiger charge is 2.22. The first-order valence-corrected chi connectivity index (χ1v) is 7.67. The van der Waals surface area contributed by atoms with Gasteiger partial charge >= 0.3 is 5.97 Å². The third-order valence-electron chi connectivity index (χ3n) is 3.79. The lowest BCUT2D eigenvalue weighted by Gasteiger charge is -2.14. The average molecular weight is 338 g/mol. The molecule has 2 N–H and O–H groups in total. The van der Waals surface area contributed by atoms with Gasteiger partial charge in [-0.15, -0.1) is 0 Å². The van der Waals surface area contributed by atoms with Crippen molar-refractivity contribution in [2.45, 2.75) is 12.5 Å².